The summed E-state index contributed by atoms with van der Waals surface area (Å²) >= 11 is 0. The van der Waals surface area contributed by atoms with Crippen LogP contribution in [0.1, 0.15) is 140 Å². The van der Waals surface area contributed by atoms with Crippen LogP contribution in [-0.2, 0) is 23.9 Å². The number of carbonyl (C=O) groups excluding carboxylic acids is 3. The number of Topliss-reactive ketones (excluding diaryl/α,β-unsaturated/α-hetero) is 1. The lowest BCUT2D eigenvalue weighted by Crippen LogP contribution is -2.65. The Morgan fingerprint density at radius 2 is 1.57 bits per heavy atom. The van der Waals surface area contributed by atoms with Gasteiger partial charge >= 0.3 is 11.9 Å². The summed E-state index contributed by atoms with van der Waals surface area (Å²) in [4.78, 5) is 53.7. The van der Waals surface area contributed by atoms with Gasteiger partial charge in [0.15, 0.2) is 5.78 Å². The minimum absolute atomic E-state index is 0.00605. The Kier molecular flexibility index (Phi) is 10.9. The number of likely N-dealkylation sites (N-methyl/N-ethyl adjacent to an activating group) is 1. The van der Waals surface area contributed by atoms with Crippen molar-refractivity contribution in [3.05, 3.63) is 11.1 Å². The van der Waals surface area contributed by atoms with Crippen molar-refractivity contribution in [1.82, 2.24) is 10.2 Å². The van der Waals surface area contributed by atoms with Crippen molar-refractivity contribution in [3.63, 3.8) is 0 Å². The lowest BCUT2D eigenvalue weighted by molar-refractivity contribution is -0.232. The van der Waals surface area contributed by atoms with Crippen LogP contribution in [0.4, 0.5) is 0 Å². The van der Waals surface area contributed by atoms with Crippen LogP contribution in [0.5, 0.6) is 0 Å². The van der Waals surface area contributed by atoms with Gasteiger partial charge in [-0.2, -0.15) is 0 Å². The number of aliphatic carboxylic acids is 1. The molecule has 0 aliphatic heterocycles. The van der Waals surface area contributed by atoms with E-state index < -0.39 is 17.4 Å². The number of nitrogens with zero attached hydrogens (tertiary/aromatic N) is 1. The summed E-state index contributed by atoms with van der Waals surface area (Å²) in [7, 11) is 1.68. The summed E-state index contributed by atoms with van der Waals surface area (Å²) in [6.45, 7) is 25.3. The number of hydrogen-bond donors (Lipinski definition) is 2. The number of hydrogen-bond acceptors (Lipinski definition) is 6. The highest BCUT2D eigenvalue weighted by molar-refractivity contribution is 6.01. The van der Waals surface area contributed by atoms with Crippen LogP contribution >= 0.6 is 0 Å². The molecule has 0 saturated heterocycles. The second-order valence-corrected chi connectivity index (χ2v) is 20.0. The van der Waals surface area contributed by atoms with E-state index in [1.807, 2.05) is 0 Å². The second-order valence-electron chi connectivity index (χ2n) is 20.0. The first-order chi connectivity index (χ1) is 23.6. The molecule has 0 aromatic carbocycles. The zero-order valence-corrected chi connectivity index (χ0v) is 34.0. The van der Waals surface area contributed by atoms with E-state index in [1.165, 1.54) is 5.57 Å². The molecule has 51 heavy (non-hydrogen) atoms. The molecule has 0 spiro atoms. The van der Waals surface area contributed by atoms with E-state index in [4.69, 9.17) is 4.74 Å². The fourth-order valence-electron chi connectivity index (χ4n) is 13.0. The molecule has 3 unspecified atom stereocenters. The highest BCUT2D eigenvalue weighted by Crippen LogP contribution is 2.75. The summed E-state index contributed by atoms with van der Waals surface area (Å²) in [5, 5.41) is 12.4. The first-order valence-electron chi connectivity index (χ1n) is 20.2. The smallest absolute Gasteiger partial charge is 0.309 e. The minimum Gasteiger partial charge on any atom is -0.481 e. The monoisotopic (exact) mass is 711 g/mol. The molecule has 4 fully saturated rings. The molecule has 8 nitrogen and oxygen atoms in total. The lowest BCUT2D eigenvalue weighted by atomic mass is 9.33. The average molecular weight is 711 g/mol. The van der Waals surface area contributed by atoms with Gasteiger partial charge in [-0.05, 0) is 143 Å². The van der Waals surface area contributed by atoms with Gasteiger partial charge in [0.05, 0.1) is 18.4 Å². The topological polar surface area (TPSA) is 113 Å². The number of ketones is 1. The SMILES string of the molecule is CNC(=O)CN(CC[C@@H]1C(=O)C(C(C)C)=C2C1CC[C@]1(C)[C@@H]2CCC2[C@@]3(C)CC[C@H](OC(=O)CC(C)(C)C(=O)O)C(C)(C)C3CC[C@]21C)C(C)C. The molecule has 0 bridgehead atoms. The Balaban J connectivity index is 1.38. The molecule has 0 aromatic heterocycles. The number of fused-ring (bicyclic) bond motifs is 7. The molecule has 5 aliphatic rings. The molecule has 2 N–H and O–H groups in total. The van der Waals surface area contributed by atoms with E-state index in [2.05, 4.69) is 72.5 Å². The van der Waals surface area contributed by atoms with Crippen molar-refractivity contribution < 1.29 is 29.0 Å². The number of carboxylic acids is 1. The van der Waals surface area contributed by atoms with Gasteiger partial charge < -0.3 is 15.2 Å². The number of ether oxygens (including phenoxy) is 1. The Hall–Kier alpha value is -2.22. The van der Waals surface area contributed by atoms with Crippen molar-refractivity contribution in [2.24, 2.45) is 62.6 Å². The van der Waals surface area contributed by atoms with Crippen molar-refractivity contribution >= 4 is 23.6 Å². The number of nitrogens with one attached hydrogen (secondary N) is 1. The molecule has 5 rings (SSSR count). The lowest BCUT2D eigenvalue weighted by Gasteiger charge is -2.71. The zero-order chi connectivity index (χ0) is 38.1. The van der Waals surface area contributed by atoms with Crippen LogP contribution in [0.2, 0.25) is 0 Å². The molecule has 1 amide bonds. The van der Waals surface area contributed by atoms with E-state index in [1.54, 1.807) is 20.9 Å². The first kappa shape index (κ1) is 40.0. The highest BCUT2D eigenvalue weighted by Gasteiger charge is 2.69. The molecule has 0 aromatic rings. The van der Waals surface area contributed by atoms with Crippen LogP contribution in [0, 0.1) is 62.6 Å². The summed E-state index contributed by atoms with van der Waals surface area (Å²) in [6.07, 6.45) is 8.98. The standard InChI is InChI=1S/C43H70N2O6/c1-25(2)35-36-27(28(37(35)48)18-22-45(26(3)4)24-33(46)44-12)15-20-42(10)29(36)13-14-31-41(9)19-17-32(51-34(47)23-39(5,6)38(49)50)40(7,8)30(41)16-21-43(31,42)11/h25-32H,13-24H2,1-12H3,(H,44,46)(H,49,50)/t27?,28-,29+,30?,31?,32-,41-,42+,43+/m0/s1. The fourth-order valence-corrected chi connectivity index (χ4v) is 13.0. The van der Waals surface area contributed by atoms with E-state index in [0.717, 1.165) is 69.9 Å². The zero-order valence-electron chi connectivity index (χ0n) is 34.0. The maximum absolute atomic E-state index is 14.4. The van der Waals surface area contributed by atoms with Gasteiger partial charge in [-0.25, -0.2) is 0 Å². The summed E-state index contributed by atoms with van der Waals surface area (Å²) < 4.78 is 6.16. The predicted octanol–water partition coefficient (Wildman–Crippen LogP) is 8.08. The van der Waals surface area contributed by atoms with Gasteiger partial charge in [-0.1, -0.05) is 54.0 Å². The maximum atomic E-state index is 14.4. The fraction of sp³-hybridized carbons (Fsp3) is 0.860. The first-order valence-corrected chi connectivity index (χ1v) is 20.2. The third-order valence-electron chi connectivity index (χ3n) is 16.1. The number of carbonyl (C=O) groups is 4. The quantitative estimate of drug-likeness (QED) is 0.209. The average Bonchev–Trinajstić information content (AvgIpc) is 3.31. The van der Waals surface area contributed by atoms with Gasteiger partial charge in [0.1, 0.15) is 6.10 Å². The second kappa shape index (κ2) is 13.9. The van der Waals surface area contributed by atoms with Gasteiger partial charge in [0.2, 0.25) is 5.91 Å². The molecule has 5 aliphatic carbocycles. The number of esters is 1. The van der Waals surface area contributed by atoms with Gasteiger partial charge in [-0.15, -0.1) is 0 Å². The van der Waals surface area contributed by atoms with Crippen LogP contribution in [0.25, 0.3) is 0 Å². The van der Waals surface area contributed by atoms with Gasteiger partial charge in [0.25, 0.3) is 0 Å². The Labute approximate surface area is 308 Å². The summed E-state index contributed by atoms with van der Waals surface area (Å²) in [6, 6.07) is 0.230. The largest absolute Gasteiger partial charge is 0.481 e. The van der Waals surface area contributed by atoms with Crippen LogP contribution in [-0.4, -0.2) is 65.9 Å². The summed E-state index contributed by atoms with van der Waals surface area (Å²) in [5.41, 5.74) is 1.61. The van der Waals surface area contributed by atoms with Gasteiger partial charge in [0, 0.05) is 24.4 Å². The number of carboxylic acid groups (broad SMARTS) is 1. The van der Waals surface area contributed by atoms with Gasteiger partial charge in [-0.3, -0.25) is 24.1 Å². The molecule has 0 radical (unpaired) electrons. The number of rotatable bonds is 11. The molecular weight excluding hydrogens is 640 g/mol. The van der Waals surface area contributed by atoms with Crippen LogP contribution in [0.3, 0.4) is 0 Å². The predicted molar refractivity (Wildman–Crippen MR) is 201 cm³/mol. The Morgan fingerprint density at radius 1 is 0.922 bits per heavy atom. The molecule has 4 saturated carbocycles. The van der Waals surface area contributed by atoms with E-state index in [-0.39, 0.29) is 58.0 Å². The van der Waals surface area contributed by atoms with Crippen LogP contribution < -0.4 is 5.32 Å². The molecule has 0 heterocycles. The Bertz CT molecular complexity index is 1430. The number of allylic oxidation sites excluding steroid dienone is 2. The van der Waals surface area contributed by atoms with E-state index >= 15 is 0 Å². The van der Waals surface area contributed by atoms with E-state index in [0.29, 0.717) is 36.0 Å². The molecule has 288 valence electrons. The van der Waals surface area contributed by atoms with Crippen molar-refractivity contribution in [1.29, 1.82) is 0 Å². The van der Waals surface area contributed by atoms with Crippen molar-refractivity contribution in [2.75, 3.05) is 20.1 Å². The third-order valence-corrected chi connectivity index (χ3v) is 16.1. The summed E-state index contributed by atoms with van der Waals surface area (Å²) in [5.74, 6) is 0.886. The normalized spacial score (nSPS) is 37.5. The highest BCUT2D eigenvalue weighted by atomic mass is 16.5. The minimum atomic E-state index is -1.15. The van der Waals surface area contributed by atoms with Crippen molar-refractivity contribution in [3.8, 4) is 0 Å². The van der Waals surface area contributed by atoms with Crippen molar-refractivity contribution in [2.45, 2.75) is 153 Å². The number of amides is 1. The molecule has 9 atom stereocenters. The van der Waals surface area contributed by atoms with E-state index in [9.17, 15) is 24.3 Å². The Morgan fingerprint density at radius 3 is 2.16 bits per heavy atom. The van der Waals surface area contributed by atoms with Crippen LogP contribution in [0.15, 0.2) is 11.1 Å². The molecule has 8 heteroatoms. The third kappa shape index (κ3) is 6.54. The molecular formula is C43H70N2O6. The maximum Gasteiger partial charge on any atom is 0.309 e.